The van der Waals surface area contributed by atoms with Gasteiger partial charge in [-0.3, -0.25) is 0 Å². The third-order valence-electron chi connectivity index (χ3n) is 3.45. The van der Waals surface area contributed by atoms with E-state index >= 15 is 0 Å². The first kappa shape index (κ1) is 13.6. The van der Waals surface area contributed by atoms with Crippen LogP contribution in [-0.2, 0) is 13.0 Å². The Morgan fingerprint density at radius 1 is 1.32 bits per heavy atom. The van der Waals surface area contributed by atoms with E-state index in [9.17, 15) is 4.79 Å². The summed E-state index contributed by atoms with van der Waals surface area (Å²) in [6, 6.07) is 5.20. The Labute approximate surface area is 111 Å². The van der Waals surface area contributed by atoms with Crippen LogP contribution in [0.1, 0.15) is 21.6 Å². The SMILES string of the molecule is Cc1c(CCN)c2cc(C(=O)O)ccc2n1CCN. The molecule has 0 saturated heterocycles. The van der Waals surface area contributed by atoms with E-state index < -0.39 is 5.97 Å². The molecule has 1 heterocycles. The molecule has 0 fully saturated rings. The lowest BCUT2D eigenvalue weighted by Gasteiger charge is -2.06. The first-order valence-electron chi connectivity index (χ1n) is 6.35. The maximum Gasteiger partial charge on any atom is 0.335 e. The quantitative estimate of drug-likeness (QED) is 0.751. The molecule has 0 amide bonds. The summed E-state index contributed by atoms with van der Waals surface area (Å²) in [5.74, 6) is -0.912. The van der Waals surface area contributed by atoms with Gasteiger partial charge >= 0.3 is 5.97 Å². The molecule has 5 N–H and O–H groups in total. The van der Waals surface area contributed by atoms with E-state index in [2.05, 4.69) is 4.57 Å². The van der Waals surface area contributed by atoms with Crippen LogP contribution in [0.3, 0.4) is 0 Å². The van der Waals surface area contributed by atoms with Crippen LogP contribution in [-0.4, -0.2) is 28.7 Å². The fraction of sp³-hybridized carbons (Fsp3) is 0.357. The van der Waals surface area contributed by atoms with E-state index in [0.29, 0.717) is 18.7 Å². The summed E-state index contributed by atoms with van der Waals surface area (Å²) in [4.78, 5) is 11.1. The van der Waals surface area contributed by atoms with Crippen molar-refractivity contribution in [2.45, 2.75) is 19.9 Å². The molecule has 0 unspecified atom stereocenters. The van der Waals surface area contributed by atoms with Crippen molar-refractivity contribution in [2.75, 3.05) is 13.1 Å². The number of carboxylic acids is 1. The maximum absolute atomic E-state index is 11.1. The Bertz CT molecular complexity index is 617. The number of nitrogens with two attached hydrogens (primary N) is 2. The van der Waals surface area contributed by atoms with Crippen molar-refractivity contribution in [3.8, 4) is 0 Å². The second kappa shape index (κ2) is 5.42. The molecule has 5 nitrogen and oxygen atoms in total. The van der Waals surface area contributed by atoms with Gasteiger partial charge in [-0.25, -0.2) is 4.79 Å². The van der Waals surface area contributed by atoms with Crippen molar-refractivity contribution in [2.24, 2.45) is 11.5 Å². The minimum Gasteiger partial charge on any atom is -0.478 e. The molecule has 0 bridgehead atoms. The van der Waals surface area contributed by atoms with Crippen molar-refractivity contribution in [1.82, 2.24) is 4.57 Å². The van der Waals surface area contributed by atoms with E-state index in [1.54, 1.807) is 12.1 Å². The average Bonchev–Trinajstić information content (AvgIpc) is 2.64. The topological polar surface area (TPSA) is 94.3 Å². The van der Waals surface area contributed by atoms with Gasteiger partial charge in [0.2, 0.25) is 0 Å². The average molecular weight is 261 g/mol. The second-order valence-corrected chi connectivity index (χ2v) is 4.58. The van der Waals surface area contributed by atoms with Gasteiger partial charge in [0.1, 0.15) is 0 Å². The molecule has 0 atom stereocenters. The zero-order valence-electron chi connectivity index (χ0n) is 11.0. The van der Waals surface area contributed by atoms with E-state index in [-0.39, 0.29) is 0 Å². The van der Waals surface area contributed by atoms with Crippen LogP contribution in [0, 0.1) is 6.92 Å². The number of hydrogen-bond donors (Lipinski definition) is 3. The third kappa shape index (κ3) is 2.34. The fourth-order valence-electron chi connectivity index (χ4n) is 2.56. The lowest BCUT2D eigenvalue weighted by molar-refractivity contribution is 0.0697. The molecule has 0 aliphatic rings. The highest BCUT2D eigenvalue weighted by molar-refractivity contribution is 5.95. The summed E-state index contributed by atoms with van der Waals surface area (Å²) < 4.78 is 2.13. The Morgan fingerprint density at radius 3 is 2.63 bits per heavy atom. The molecule has 0 aliphatic heterocycles. The van der Waals surface area contributed by atoms with Gasteiger partial charge in [-0.2, -0.15) is 0 Å². The first-order chi connectivity index (χ1) is 9.10. The van der Waals surface area contributed by atoms with Crippen molar-refractivity contribution < 1.29 is 9.90 Å². The van der Waals surface area contributed by atoms with Gasteiger partial charge < -0.3 is 21.1 Å². The number of aromatic nitrogens is 1. The van der Waals surface area contributed by atoms with Gasteiger partial charge in [0.15, 0.2) is 0 Å². The molecule has 102 valence electrons. The van der Waals surface area contributed by atoms with Gasteiger partial charge in [-0.15, -0.1) is 0 Å². The highest BCUT2D eigenvalue weighted by Crippen LogP contribution is 2.27. The van der Waals surface area contributed by atoms with Crippen LogP contribution in [0.2, 0.25) is 0 Å². The van der Waals surface area contributed by atoms with Crippen LogP contribution >= 0.6 is 0 Å². The first-order valence-corrected chi connectivity index (χ1v) is 6.35. The molecule has 1 aromatic carbocycles. The maximum atomic E-state index is 11.1. The molecule has 0 saturated carbocycles. The fourth-order valence-corrected chi connectivity index (χ4v) is 2.56. The van der Waals surface area contributed by atoms with Gasteiger partial charge in [0.05, 0.1) is 5.56 Å². The van der Waals surface area contributed by atoms with Gasteiger partial charge in [-0.1, -0.05) is 0 Å². The van der Waals surface area contributed by atoms with Gasteiger partial charge in [0, 0.05) is 29.7 Å². The van der Waals surface area contributed by atoms with Gasteiger partial charge in [0.25, 0.3) is 0 Å². The lowest BCUT2D eigenvalue weighted by atomic mass is 10.1. The number of rotatable bonds is 5. The number of nitrogens with zero attached hydrogens (tertiary/aromatic N) is 1. The Morgan fingerprint density at radius 2 is 2.05 bits per heavy atom. The number of carbonyl (C=O) groups is 1. The minimum absolute atomic E-state index is 0.302. The molecule has 0 aliphatic carbocycles. The van der Waals surface area contributed by atoms with Crippen LogP contribution < -0.4 is 11.5 Å². The summed E-state index contributed by atoms with van der Waals surface area (Å²) in [5.41, 5.74) is 14.9. The Balaban J connectivity index is 2.70. The zero-order chi connectivity index (χ0) is 14.0. The zero-order valence-corrected chi connectivity index (χ0v) is 11.0. The van der Waals surface area contributed by atoms with Crippen LogP contribution in [0.15, 0.2) is 18.2 Å². The highest BCUT2D eigenvalue weighted by atomic mass is 16.4. The largest absolute Gasteiger partial charge is 0.478 e. The predicted molar refractivity (Wildman–Crippen MR) is 75.4 cm³/mol. The molecule has 0 spiro atoms. The minimum atomic E-state index is -0.912. The number of benzene rings is 1. The van der Waals surface area contributed by atoms with Gasteiger partial charge in [-0.05, 0) is 43.7 Å². The monoisotopic (exact) mass is 261 g/mol. The van der Waals surface area contributed by atoms with E-state index in [4.69, 9.17) is 16.6 Å². The standard InChI is InChI=1S/C14H19N3O2/c1-9-11(4-5-15)12-8-10(14(18)19)2-3-13(12)17(9)7-6-16/h2-3,8H,4-7,15-16H2,1H3,(H,18,19). The molecule has 2 rings (SSSR count). The third-order valence-corrected chi connectivity index (χ3v) is 3.45. The summed E-state index contributed by atoms with van der Waals surface area (Å²) in [7, 11) is 0. The second-order valence-electron chi connectivity index (χ2n) is 4.58. The molecule has 1 aromatic heterocycles. The van der Waals surface area contributed by atoms with Crippen molar-refractivity contribution in [3.05, 3.63) is 35.0 Å². The van der Waals surface area contributed by atoms with E-state index in [0.717, 1.165) is 35.1 Å². The molecule has 0 radical (unpaired) electrons. The highest BCUT2D eigenvalue weighted by Gasteiger charge is 2.15. The van der Waals surface area contributed by atoms with Crippen LogP contribution in [0.4, 0.5) is 0 Å². The molecule has 5 heteroatoms. The van der Waals surface area contributed by atoms with Crippen LogP contribution in [0.5, 0.6) is 0 Å². The number of hydrogen-bond acceptors (Lipinski definition) is 3. The lowest BCUT2D eigenvalue weighted by Crippen LogP contribution is -2.11. The predicted octanol–water partition coefficient (Wildman–Crippen LogP) is 1.11. The molecular formula is C14H19N3O2. The molecule has 2 aromatic rings. The van der Waals surface area contributed by atoms with Crippen molar-refractivity contribution in [3.63, 3.8) is 0 Å². The summed E-state index contributed by atoms with van der Waals surface area (Å²) in [6.07, 6.45) is 0.739. The Kier molecular flexibility index (Phi) is 3.87. The molecule has 19 heavy (non-hydrogen) atoms. The van der Waals surface area contributed by atoms with Crippen molar-refractivity contribution >= 4 is 16.9 Å². The summed E-state index contributed by atoms with van der Waals surface area (Å²) in [5, 5.41) is 10.1. The molecular weight excluding hydrogens is 242 g/mol. The Hall–Kier alpha value is -1.85. The summed E-state index contributed by atoms with van der Waals surface area (Å²) in [6.45, 7) is 3.84. The number of carboxylic acid groups (broad SMARTS) is 1. The van der Waals surface area contributed by atoms with E-state index in [1.807, 2.05) is 13.0 Å². The normalized spacial score (nSPS) is 11.1. The number of aromatic carboxylic acids is 1. The summed E-state index contributed by atoms with van der Waals surface area (Å²) >= 11 is 0. The van der Waals surface area contributed by atoms with E-state index in [1.165, 1.54) is 0 Å². The number of fused-ring (bicyclic) bond motifs is 1. The van der Waals surface area contributed by atoms with Crippen molar-refractivity contribution in [1.29, 1.82) is 0 Å². The smallest absolute Gasteiger partial charge is 0.335 e. The van der Waals surface area contributed by atoms with Crippen LogP contribution in [0.25, 0.3) is 10.9 Å².